The van der Waals surface area contributed by atoms with E-state index in [-0.39, 0.29) is 6.42 Å². The zero-order chi connectivity index (χ0) is 17.0. The number of hydrogen-bond acceptors (Lipinski definition) is 4. The zero-order valence-corrected chi connectivity index (χ0v) is 12.7. The molecule has 1 aromatic carbocycles. The number of carboxylic acids is 1. The Morgan fingerprint density at radius 2 is 1.95 bits per heavy atom. The summed E-state index contributed by atoms with van der Waals surface area (Å²) < 4.78 is 39.8. The van der Waals surface area contributed by atoms with Gasteiger partial charge in [0.2, 0.25) is 0 Å². The SMILES string of the molecule is CCC(O)N=CC(C(=O)O)=C(O)c1cc(F)c(Br)c(F)c1F. The van der Waals surface area contributed by atoms with Crippen molar-refractivity contribution in [1.29, 1.82) is 0 Å². The fourth-order valence-corrected chi connectivity index (χ4v) is 1.66. The Balaban J connectivity index is 3.49. The molecular weight excluding hydrogens is 371 g/mol. The zero-order valence-electron chi connectivity index (χ0n) is 11.1. The van der Waals surface area contributed by atoms with Crippen molar-refractivity contribution < 1.29 is 33.3 Å². The molecule has 1 atom stereocenters. The standard InChI is InChI=1S/C13H11BrF3NO4/c1-2-8(19)18-4-6(13(21)22)12(20)5-3-7(15)9(14)11(17)10(5)16/h3-4,8,19-20H,2H2,1H3,(H,21,22). The average molecular weight is 382 g/mol. The minimum Gasteiger partial charge on any atom is -0.506 e. The summed E-state index contributed by atoms with van der Waals surface area (Å²) in [5.74, 6) is -7.41. The summed E-state index contributed by atoms with van der Waals surface area (Å²) in [5.41, 5.74) is -1.90. The van der Waals surface area contributed by atoms with Gasteiger partial charge in [-0.05, 0) is 28.4 Å². The largest absolute Gasteiger partial charge is 0.506 e. The number of carboxylic acid groups (broad SMARTS) is 1. The van der Waals surface area contributed by atoms with Crippen LogP contribution in [0, 0.1) is 17.5 Å². The molecule has 5 nitrogen and oxygen atoms in total. The van der Waals surface area contributed by atoms with Crippen molar-refractivity contribution in [1.82, 2.24) is 0 Å². The van der Waals surface area contributed by atoms with Crippen LogP contribution in [-0.2, 0) is 4.79 Å². The third-order valence-corrected chi connectivity index (χ3v) is 3.31. The number of aliphatic hydroxyl groups is 2. The molecule has 1 unspecified atom stereocenters. The lowest BCUT2D eigenvalue weighted by Gasteiger charge is -2.08. The number of aliphatic hydroxyl groups excluding tert-OH is 2. The number of halogens is 4. The molecule has 0 saturated carbocycles. The fourth-order valence-electron chi connectivity index (χ4n) is 1.37. The van der Waals surface area contributed by atoms with E-state index >= 15 is 0 Å². The third kappa shape index (κ3) is 3.86. The molecule has 1 rings (SSSR count). The Morgan fingerprint density at radius 3 is 2.45 bits per heavy atom. The topological polar surface area (TPSA) is 90.1 Å². The molecule has 0 radical (unpaired) electrons. The first-order valence-electron chi connectivity index (χ1n) is 5.91. The number of carbonyl (C=O) groups is 1. The Morgan fingerprint density at radius 1 is 1.36 bits per heavy atom. The van der Waals surface area contributed by atoms with Crippen molar-refractivity contribution in [3.8, 4) is 0 Å². The van der Waals surface area contributed by atoms with Gasteiger partial charge >= 0.3 is 5.97 Å². The van der Waals surface area contributed by atoms with Crippen LogP contribution in [0.25, 0.3) is 5.76 Å². The van der Waals surface area contributed by atoms with E-state index in [2.05, 4.69) is 20.9 Å². The molecular formula is C13H11BrF3NO4. The van der Waals surface area contributed by atoms with Crippen LogP contribution in [0.1, 0.15) is 18.9 Å². The quantitative estimate of drug-likeness (QED) is 0.240. The highest BCUT2D eigenvalue weighted by Gasteiger charge is 2.23. The summed E-state index contributed by atoms with van der Waals surface area (Å²) in [5, 5.41) is 28.0. The van der Waals surface area contributed by atoms with Gasteiger partial charge in [-0.25, -0.2) is 18.0 Å². The average Bonchev–Trinajstić information content (AvgIpc) is 2.48. The maximum atomic E-state index is 13.7. The number of nitrogens with zero attached hydrogens (tertiary/aromatic N) is 1. The van der Waals surface area contributed by atoms with E-state index in [0.717, 1.165) is 0 Å². The van der Waals surface area contributed by atoms with Crippen molar-refractivity contribution >= 4 is 33.9 Å². The summed E-state index contributed by atoms with van der Waals surface area (Å²) in [6.45, 7) is 1.56. The molecule has 120 valence electrons. The van der Waals surface area contributed by atoms with Gasteiger partial charge < -0.3 is 15.3 Å². The van der Waals surface area contributed by atoms with Crippen LogP contribution in [0.5, 0.6) is 0 Å². The normalized spacial score (nSPS) is 14.1. The maximum absolute atomic E-state index is 13.7. The molecule has 0 aliphatic carbocycles. The van der Waals surface area contributed by atoms with E-state index in [1.807, 2.05) is 0 Å². The van der Waals surface area contributed by atoms with Crippen LogP contribution in [0.2, 0.25) is 0 Å². The highest BCUT2D eigenvalue weighted by molar-refractivity contribution is 9.10. The van der Waals surface area contributed by atoms with E-state index in [1.165, 1.54) is 0 Å². The van der Waals surface area contributed by atoms with Gasteiger partial charge in [-0.15, -0.1) is 0 Å². The minimum atomic E-state index is -1.72. The van der Waals surface area contributed by atoms with Gasteiger partial charge in [0.15, 0.2) is 11.6 Å². The van der Waals surface area contributed by atoms with Crippen LogP contribution in [0.4, 0.5) is 13.2 Å². The molecule has 0 bridgehead atoms. The number of benzene rings is 1. The number of aliphatic carboxylic acids is 1. The van der Waals surface area contributed by atoms with Gasteiger partial charge in [-0.2, -0.15) is 0 Å². The van der Waals surface area contributed by atoms with Crippen LogP contribution in [0.3, 0.4) is 0 Å². The molecule has 0 heterocycles. The highest BCUT2D eigenvalue weighted by Crippen LogP contribution is 2.28. The molecule has 3 N–H and O–H groups in total. The van der Waals surface area contributed by atoms with Gasteiger partial charge in [0.05, 0.1) is 10.0 Å². The summed E-state index contributed by atoms with van der Waals surface area (Å²) in [7, 11) is 0. The lowest BCUT2D eigenvalue weighted by Crippen LogP contribution is -2.10. The first-order valence-corrected chi connectivity index (χ1v) is 6.71. The number of aliphatic imine (C=N–C) groups is 1. The van der Waals surface area contributed by atoms with Crippen LogP contribution >= 0.6 is 15.9 Å². The molecule has 0 aliphatic heterocycles. The molecule has 0 amide bonds. The first kappa shape index (κ1) is 18.2. The van der Waals surface area contributed by atoms with Gasteiger partial charge in [-0.3, -0.25) is 4.99 Å². The Labute approximate surface area is 131 Å². The Kier molecular flexibility index (Phi) is 6.12. The fraction of sp³-hybridized carbons (Fsp3) is 0.231. The van der Waals surface area contributed by atoms with Gasteiger partial charge in [0.1, 0.15) is 23.4 Å². The van der Waals surface area contributed by atoms with Gasteiger partial charge in [-0.1, -0.05) is 6.92 Å². The van der Waals surface area contributed by atoms with Crippen LogP contribution in [0.15, 0.2) is 21.1 Å². The van der Waals surface area contributed by atoms with E-state index in [9.17, 15) is 28.2 Å². The molecule has 0 saturated heterocycles. The van der Waals surface area contributed by atoms with Gasteiger partial charge in [0.25, 0.3) is 0 Å². The molecule has 0 aromatic heterocycles. The molecule has 0 aliphatic rings. The summed E-state index contributed by atoms with van der Waals surface area (Å²) in [6.07, 6.45) is -0.478. The van der Waals surface area contributed by atoms with E-state index in [4.69, 9.17) is 5.11 Å². The Hall–Kier alpha value is -1.87. The van der Waals surface area contributed by atoms with Crippen molar-refractivity contribution in [2.24, 2.45) is 4.99 Å². The third-order valence-electron chi connectivity index (χ3n) is 2.58. The van der Waals surface area contributed by atoms with Crippen LogP contribution in [-0.4, -0.2) is 33.7 Å². The second-order valence-corrected chi connectivity index (χ2v) is 4.88. The number of hydrogen-bond donors (Lipinski definition) is 3. The maximum Gasteiger partial charge on any atom is 0.341 e. The van der Waals surface area contributed by atoms with E-state index < -0.39 is 51.0 Å². The van der Waals surface area contributed by atoms with E-state index in [0.29, 0.717) is 12.3 Å². The monoisotopic (exact) mass is 381 g/mol. The van der Waals surface area contributed by atoms with Crippen LogP contribution < -0.4 is 0 Å². The Bertz CT molecular complexity index is 661. The second-order valence-electron chi connectivity index (χ2n) is 4.08. The molecule has 22 heavy (non-hydrogen) atoms. The molecule has 0 spiro atoms. The van der Waals surface area contributed by atoms with Crippen molar-refractivity contribution in [3.05, 3.63) is 39.1 Å². The van der Waals surface area contributed by atoms with Gasteiger partial charge in [0, 0.05) is 6.21 Å². The molecule has 9 heteroatoms. The van der Waals surface area contributed by atoms with E-state index in [1.54, 1.807) is 6.92 Å². The van der Waals surface area contributed by atoms with Crippen molar-refractivity contribution in [3.63, 3.8) is 0 Å². The molecule has 1 aromatic rings. The summed E-state index contributed by atoms with van der Waals surface area (Å²) in [4.78, 5) is 14.5. The predicted octanol–water partition coefficient (Wildman–Crippen LogP) is 3.02. The second kappa shape index (κ2) is 7.41. The molecule has 0 fully saturated rings. The first-order chi connectivity index (χ1) is 10.2. The highest BCUT2D eigenvalue weighted by atomic mass is 79.9. The summed E-state index contributed by atoms with van der Waals surface area (Å²) >= 11 is 2.47. The van der Waals surface area contributed by atoms with Crippen molar-refractivity contribution in [2.45, 2.75) is 19.6 Å². The lowest BCUT2D eigenvalue weighted by atomic mass is 10.1. The number of rotatable bonds is 5. The van der Waals surface area contributed by atoms with Crippen molar-refractivity contribution in [2.75, 3.05) is 0 Å². The lowest BCUT2D eigenvalue weighted by molar-refractivity contribution is -0.132. The minimum absolute atomic E-state index is 0.167. The summed E-state index contributed by atoms with van der Waals surface area (Å²) in [6, 6.07) is 0.435. The predicted molar refractivity (Wildman–Crippen MR) is 76.0 cm³/mol. The smallest absolute Gasteiger partial charge is 0.341 e.